The largest absolute Gasteiger partial charge is 0.311 e. The van der Waals surface area contributed by atoms with Crippen molar-refractivity contribution < 1.29 is 0 Å². The van der Waals surface area contributed by atoms with E-state index in [1.807, 2.05) is 0 Å². The first-order valence-electron chi connectivity index (χ1n) is 8.24. The zero-order valence-corrected chi connectivity index (χ0v) is 13.0. The molecule has 0 radical (unpaired) electrons. The maximum absolute atomic E-state index is 3.77. The highest BCUT2D eigenvalue weighted by molar-refractivity contribution is 5.21. The van der Waals surface area contributed by atoms with E-state index in [-0.39, 0.29) is 0 Å². The second-order valence-electron chi connectivity index (χ2n) is 6.85. The molecular formula is C18H28N2. The van der Waals surface area contributed by atoms with E-state index in [9.17, 15) is 0 Å². The molecule has 2 aliphatic rings. The molecule has 1 aliphatic heterocycles. The normalized spacial score (nSPS) is 34.4. The van der Waals surface area contributed by atoms with Gasteiger partial charge in [0.05, 0.1) is 0 Å². The van der Waals surface area contributed by atoms with Gasteiger partial charge in [0.2, 0.25) is 0 Å². The fourth-order valence-corrected chi connectivity index (χ4v) is 3.67. The van der Waals surface area contributed by atoms with Crippen molar-refractivity contribution in [2.24, 2.45) is 11.8 Å². The van der Waals surface area contributed by atoms with E-state index in [0.717, 1.165) is 18.5 Å². The van der Waals surface area contributed by atoms with Gasteiger partial charge >= 0.3 is 0 Å². The van der Waals surface area contributed by atoms with Gasteiger partial charge in [-0.25, -0.2) is 0 Å². The smallest absolute Gasteiger partial charge is 0.0476 e. The van der Waals surface area contributed by atoms with Crippen LogP contribution in [0.3, 0.4) is 0 Å². The topological polar surface area (TPSA) is 15.3 Å². The third-order valence-corrected chi connectivity index (χ3v) is 5.21. The molecule has 1 aromatic rings. The highest BCUT2D eigenvalue weighted by Crippen LogP contribution is 2.43. The molecule has 4 unspecified atom stereocenters. The van der Waals surface area contributed by atoms with Gasteiger partial charge in [-0.05, 0) is 23.8 Å². The highest BCUT2D eigenvalue weighted by atomic mass is 15.3. The predicted octanol–water partition coefficient (Wildman–Crippen LogP) is 3.46. The molecule has 110 valence electrons. The Morgan fingerprint density at radius 1 is 1.25 bits per heavy atom. The minimum absolute atomic E-state index is 0.563. The van der Waals surface area contributed by atoms with E-state index in [1.165, 1.54) is 24.9 Å². The number of rotatable bonds is 4. The maximum Gasteiger partial charge on any atom is 0.0476 e. The highest BCUT2D eigenvalue weighted by Gasteiger charge is 2.45. The molecule has 2 nitrogen and oxygen atoms in total. The molecule has 1 saturated carbocycles. The fourth-order valence-electron chi connectivity index (χ4n) is 3.67. The van der Waals surface area contributed by atoms with Crippen molar-refractivity contribution in [3.05, 3.63) is 35.9 Å². The lowest BCUT2D eigenvalue weighted by molar-refractivity contribution is 0.0994. The Morgan fingerprint density at radius 3 is 2.60 bits per heavy atom. The summed E-state index contributed by atoms with van der Waals surface area (Å²) < 4.78 is 0. The number of piperazine rings is 1. The Bertz CT molecular complexity index is 428. The molecular weight excluding hydrogens is 244 g/mol. The van der Waals surface area contributed by atoms with Crippen molar-refractivity contribution in [1.29, 1.82) is 0 Å². The van der Waals surface area contributed by atoms with Crippen LogP contribution < -0.4 is 5.32 Å². The van der Waals surface area contributed by atoms with Crippen LogP contribution in [0.15, 0.2) is 30.3 Å². The lowest BCUT2D eigenvalue weighted by atomic mass is 9.95. The first-order valence-corrected chi connectivity index (χ1v) is 8.24. The van der Waals surface area contributed by atoms with Gasteiger partial charge in [0.1, 0.15) is 0 Å². The van der Waals surface area contributed by atoms with Crippen LogP contribution >= 0.6 is 0 Å². The van der Waals surface area contributed by atoms with Gasteiger partial charge in [0.15, 0.2) is 0 Å². The summed E-state index contributed by atoms with van der Waals surface area (Å²) in [5, 5.41) is 3.77. The molecule has 2 fully saturated rings. The van der Waals surface area contributed by atoms with Crippen LogP contribution in [0, 0.1) is 11.8 Å². The maximum atomic E-state index is 3.77. The van der Waals surface area contributed by atoms with E-state index in [2.05, 4.69) is 61.3 Å². The summed E-state index contributed by atoms with van der Waals surface area (Å²) in [6.07, 6.45) is 2.74. The van der Waals surface area contributed by atoms with Crippen LogP contribution in [0.25, 0.3) is 0 Å². The lowest BCUT2D eigenvalue weighted by Crippen LogP contribution is -2.55. The quantitative estimate of drug-likeness (QED) is 0.903. The minimum atomic E-state index is 0.563. The first-order chi connectivity index (χ1) is 9.70. The zero-order valence-electron chi connectivity index (χ0n) is 13.0. The number of benzene rings is 1. The third-order valence-electron chi connectivity index (χ3n) is 5.21. The Labute approximate surface area is 123 Å². The predicted molar refractivity (Wildman–Crippen MR) is 84.7 cm³/mol. The average molecular weight is 272 g/mol. The molecule has 0 bridgehead atoms. The SMILES string of the molecule is CCC1CC1N1CC(C(C)C)NCC1c1ccccc1. The van der Waals surface area contributed by atoms with Crippen molar-refractivity contribution in [3.63, 3.8) is 0 Å². The van der Waals surface area contributed by atoms with Crippen molar-refractivity contribution in [3.8, 4) is 0 Å². The van der Waals surface area contributed by atoms with Gasteiger partial charge in [-0.3, -0.25) is 4.90 Å². The molecule has 1 saturated heterocycles. The second-order valence-corrected chi connectivity index (χ2v) is 6.85. The Morgan fingerprint density at radius 2 is 2.00 bits per heavy atom. The summed E-state index contributed by atoms with van der Waals surface area (Å²) in [6, 6.07) is 13.1. The summed E-state index contributed by atoms with van der Waals surface area (Å²) in [4.78, 5) is 2.80. The molecule has 2 heteroatoms. The Kier molecular flexibility index (Phi) is 4.13. The second kappa shape index (κ2) is 5.87. The van der Waals surface area contributed by atoms with Crippen LogP contribution in [0.4, 0.5) is 0 Å². The molecule has 0 amide bonds. The van der Waals surface area contributed by atoms with E-state index < -0.39 is 0 Å². The molecule has 0 aromatic heterocycles. The molecule has 3 rings (SSSR count). The Hall–Kier alpha value is -0.860. The van der Waals surface area contributed by atoms with Crippen LogP contribution in [-0.4, -0.2) is 30.1 Å². The monoisotopic (exact) mass is 272 g/mol. The van der Waals surface area contributed by atoms with E-state index >= 15 is 0 Å². The summed E-state index contributed by atoms with van der Waals surface area (Å²) in [6.45, 7) is 9.31. The summed E-state index contributed by atoms with van der Waals surface area (Å²) >= 11 is 0. The van der Waals surface area contributed by atoms with Crippen molar-refractivity contribution in [2.45, 2.75) is 51.7 Å². The van der Waals surface area contributed by atoms with Crippen molar-refractivity contribution in [2.75, 3.05) is 13.1 Å². The van der Waals surface area contributed by atoms with Gasteiger partial charge < -0.3 is 5.32 Å². The average Bonchev–Trinajstić information content (AvgIpc) is 3.27. The summed E-state index contributed by atoms with van der Waals surface area (Å²) in [5.41, 5.74) is 1.48. The molecule has 1 N–H and O–H groups in total. The van der Waals surface area contributed by atoms with E-state index in [0.29, 0.717) is 18.0 Å². The zero-order chi connectivity index (χ0) is 14.1. The fraction of sp³-hybridized carbons (Fsp3) is 0.667. The Balaban J connectivity index is 1.78. The number of nitrogens with zero attached hydrogens (tertiary/aromatic N) is 1. The summed E-state index contributed by atoms with van der Waals surface area (Å²) in [5.74, 6) is 1.65. The van der Waals surface area contributed by atoms with Gasteiger partial charge in [-0.15, -0.1) is 0 Å². The van der Waals surface area contributed by atoms with E-state index in [1.54, 1.807) is 0 Å². The molecule has 1 aromatic carbocycles. The minimum Gasteiger partial charge on any atom is -0.311 e. The summed E-state index contributed by atoms with van der Waals surface area (Å²) in [7, 11) is 0. The third kappa shape index (κ3) is 2.77. The van der Waals surface area contributed by atoms with Gasteiger partial charge in [0.25, 0.3) is 0 Å². The first kappa shape index (κ1) is 14.1. The van der Waals surface area contributed by atoms with Crippen LogP contribution in [0.1, 0.15) is 45.2 Å². The number of nitrogens with one attached hydrogen (secondary N) is 1. The van der Waals surface area contributed by atoms with E-state index in [4.69, 9.17) is 0 Å². The van der Waals surface area contributed by atoms with Crippen LogP contribution in [0.2, 0.25) is 0 Å². The molecule has 1 aliphatic carbocycles. The van der Waals surface area contributed by atoms with Crippen molar-refractivity contribution >= 4 is 0 Å². The molecule has 20 heavy (non-hydrogen) atoms. The van der Waals surface area contributed by atoms with Crippen LogP contribution in [0.5, 0.6) is 0 Å². The lowest BCUT2D eigenvalue weighted by Gasteiger charge is -2.42. The van der Waals surface area contributed by atoms with Crippen molar-refractivity contribution in [1.82, 2.24) is 10.2 Å². The molecule has 4 atom stereocenters. The van der Waals surface area contributed by atoms with Crippen LogP contribution in [-0.2, 0) is 0 Å². The molecule has 1 heterocycles. The molecule has 0 spiro atoms. The van der Waals surface area contributed by atoms with Gasteiger partial charge in [-0.2, -0.15) is 0 Å². The number of hydrogen-bond donors (Lipinski definition) is 1. The standard InChI is InChI=1S/C18H28N2/c1-4-14-10-17(14)20-12-16(13(2)3)19-11-18(20)15-8-6-5-7-9-15/h5-9,13-14,16-19H,4,10-12H2,1-3H3. The van der Waals surface area contributed by atoms with Gasteiger partial charge in [0, 0.05) is 31.2 Å². The number of hydrogen-bond acceptors (Lipinski definition) is 2. The van der Waals surface area contributed by atoms with Gasteiger partial charge in [-0.1, -0.05) is 57.5 Å².